The van der Waals surface area contributed by atoms with Gasteiger partial charge in [0.15, 0.2) is 0 Å². The molecule has 0 unspecified atom stereocenters. The number of anilines is 2. The highest BCUT2D eigenvalue weighted by atomic mass is 32.2. The fraction of sp³-hybridized carbons (Fsp3) is 0.348. The molecule has 0 saturated heterocycles. The third-order valence-electron chi connectivity index (χ3n) is 5.61. The summed E-state index contributed by atoms with van der Waals surface area (Å²) < 4.78 is 4.85. The summed E-state index contributed by atoms with van der Waals surface area (Å²) in [5.41, 5.74) is 1.83. The minimum Gasteiger partial charge on any atom is -0.468 e. The number of nitrogens with zero attached hydrogens (tertiary/aromatic N) is 1. The van der Waals surface area contributed by atoms with Gasteiger partial charge in [-0.25, -0.2) is 0 Å². The first-order valence-corrected chi connectivity index (χ1v) is 11.0. The number of fused-ring (bicyclic) bond motifs is 1. The SMILES string of the molecule is COC(=O)[C@@H]1CN(C(=O)C(=O)Nc2ccc(SC3CCCC3)cc2)c2ccccc21. The molecular formula is C23H24N2O4S. The van der Waals surface area contributed by atoms with Crippen molar-refractivity contribution in [3.8, 4) is 0 Å². The van der Waals surface area contributed by atoms with Crippen molar-refractivity contribution < 1.29 is 19.1 Å². The Hall–Kier alpha value is -2.80. The van der Waals surface area contributed by atoms with Crippen LogP contribution in [0.5, 0.6) is 0 Å². The predicted octanol–water partition coefficient (Wildman–Crippen LogP) is 3.96. The molecule has 156 valence electrons. The normalized spacial score (nSPS) is 18.2. The van der Waals surface area contributed by atoms with E-state index in [4.69, 9.17) is 4.74 Å². The van der Waals surface area contributed by atoms with Crippen molar-refractivity contribution in [1.82, 2.24) is 0 Å². The molecule has 1 fully saturated rings. The Balaban J connectivity index is 1.42. The lowest BCUT2D eigenvalue weighted by atomic mass is 10.0. The van der Waals surface area contributed by atoms with Crippen LogP contribution in [-0.4, -0.2) is 36.7 Å². The molecule has 0 radical (unpaired) electrons. The molecule has 1 aliphatic carbocycles. The number of amides is 2. The molecule has 1 N–H and O–H groups in total. The Morgan fingerprint density at radius 2 is 1.73 bits per heavy atom. The monoisotopic (exact) mass is 424 g/mol. The number of esters is 1. The first-order valence-electron chi connectivity index (χ1n) is 10.1. The second kappa shape index (κ2) is 8.92. The lowest BCUT2D eigenvalue weighted by Crippen LogP contribution is -2.39. The molecule has 1 heterocycles. The number of carbonyl (C=O) groups excluding carboxylic acids is 3. The Kier molecular flexibility index (Phi) is 6.08. The van der Waals surface area contributed by atoms with Crippen LogP contribution in [0.4, 0.5) is 11.4 Å². The number of rotatable bonds is 4. The Morgan fingerprint density at radius 1 is 1.03 bits per heavy atom. The maximum absolute atomic E-state index is 12.8. The molecule has 2 aliphatic rings. The first kappa shape index (κ1) is 20.5. The van der Waals surface area contributed by atoms with E-state index in [2.05, 4.69) is 5.32 Å². The number of carbonyl (C=O) groups is 3. The number of para-hydroxylation sites is 1. The average Bonchev–Trinajstić information content (AvgIpc) is 3.42. The van der Waals surface area contributed by atoms with Gasteiger partial charge in [0.1, 0.15) is 5.92 Å². The van der Waals surface area contributed by atoms with E-state index in [1.807, 2.05) is 36.0 Å². The van der Waals surface area contributed by atoms with E-state index in [-0.39, 0.29) is 6.54 Å². The molecule has 2 aromatic carbocycles. The van der Waals surface area contributed by atoms with Gasteiger partial charge in [-0.15, -0.1) is 11.8 Å². The molecule has 1 saturated carbocycles. The summed E-state index contributed by atoms with van der Waals surface area (Å²) in [6, 6.07) is 14.7. The van der Waals surface area contributed by atoms with Crippen molar-refractivity contribution in [2.24, 2.45) is 0 Å². The number of nitrogens with one attached hydrogen (secondary N) is 1. The summed E-state index contributed by atoms with van der Waals surface area (Å²) in [5, 5.41) is 3.34. The summed E-state index contributed by atoms with van der Waals surface area (Å²) in [4.78, 5) is 40.0. The lowest BCUT2D eigenvalue weighted by molar-refractivity contribution is -0.142. The van der Waals surface area contributed by atoms with Gasteiger partial charge in [0, 0.05) is 28.1 Å². The molecule has 2 aromatic rings. The molecule has 0 bridgehead atoms. The number of ether oxygens (including phenoxy) is 1. The van der Waals surface area contributed by atoms with Crippen LogP contribution in [0.3, 0.4) is 0 Å². The standard InChI is InChI=1S/C23H24N2O4S/c1-29-23(28)19-14-25(20-9-5-4-8-18(19)20)22(27)21(26)24-15-10-12-17(13-11-15)30-16-6-2-3-7-16/h4-5,8-13,16,19H,2-3,6-7,14H2,1H3,(H,24,26)/t19-/m1/s1. The number of methoxy groups -OCH3 is 1. The average molecular weight is 425 g/mol. The van der Waals surface area contributed by atoms with Gasteiger partial charge in [-0.2, -0.15) is 0 Å². The number of benzene rings is 2. The molecular weight excluding hydrogens is 400 g/mol. The van der Waals surface area contributed by atoms with Crippen LogP contribution in [0, 0.1) is 0 Å². The molecule has 0 aromatic heterocycles. The van der Waals surface area contributed by atoms with Crippen molar-refractivity contribution in [2.45, 2.75) is 41.7 Å². The van der Waals surface area contributed by atoms with Gasteiger partial charge in [0.2, 0.25) is 0 Å². The van der Waals surface area contributed by atoms with Gasteiger partial charge in [-0.3, -0.25) is 14.4 Å². The maximum Gasteiger partial charge on any atom is 0.316 e. The largest absolute Gasteiger partial charge is 0.468 e. The summed E-state index contributed by atoms with van der Waals surface area (Å²) in [7, 11) is 1.32. The zero-order chi connectivity index (χ0) is 21.1. The number of hydrogen-bond donors (Lipinski definition) is 1. The highest BCUT2D eigenvalue weighted by Crippen LogP contribution is 2.37. The van der Waals surface area contributed by atoms with Crippen LogP contribution in [0.15, 0.2) is 53.4 Å². The quantitative estimate of drug-likeness (QED) is 0.594. The Labute approximate surface area is 180 Å². The number of hydrogen-bond acceptors (Lipinski definition) is 5. The smallest absolute Gasteiger partial charge is 0.316 e. The summed E-state index contributed by atoms with van der Waals surface area (Å²) in [6.07, 6.45) is 5.10. The molecule has 6 nitrogen and oxygen atoms in total. The van der Waals surface area contributed by atoms with Gasteiger partial charge in [-0.05, 0) is 48.7 Å². The molecule has 2 amide bonds. The summed E-state index contributed by atoms with van der Waals surface area (Å²) in [5.74, 6) is -2.44. The molecule has 1 atom stereocenters. The zero-order valence-corrected chi connectivity index (χ0v) is 17.6. The third kappa shape index (κ3) is 4.21. The second-order valence-corrected chi connectivity index (χ2v) is 8.93. The van der Waals surface area contributed by atoms with Crippen LogP contribution in [0.25, 0.3) is 0 Å². The van der Waals surface area contributed by atoms with Crippen molar-refractivity contribution in [2.75, 3.05) is 23.9 Å². The van der Waals surface area contributed by atoms with Crippen LogP contribution in [0.1, 0.15) is 37.2 Å². The van der Waals surface area contributed by atoms with E-state index in [1.54, 1.807) is 24.3 Å². The third-order valence-corrected chi connectivity index (χ3v) is 6.96. The lowest BCUT2D eigenvalue weighted by Gasteiger charge is -2.17. The molecule has 30 heavy (non-hydrogen) atoms. The van der Waals surface area contributed by atoms with Gasteiger partial charge < -0.3 is 15.0 Å². The fourth-order valence-corrected chi connectivity index (χ4v) is 5.31. The summed E-state index contributed by atoms with van der Waals surface area (Å²) >= 11 is 1.87. The highest BCUT2D eigenvalue weighted by molar-refractivity contribution is 8.00. The first-order chi connectivity index (χ1) is 14.6. The Bertz CT molecular complexity index is 954. The van der Waals surface area contributed by atoms with Crippen molar-refractivity contribution in [1.29, 1.82) is 0 Å². The van der Waals surface area contributed by atoms with E-state index < -0.39 is 23.7 Å². The van der Waals surface area contributed by atoms with E-state index in [0.29, 0.717) is 22.2 Å². The Morgan fingerprint density at radius 3 is 2.43 bits per heavy atom. The molecule has 4 rings (SSSR count). The predicted molar refractivity (Wildman–Crippen MR) is 117 cm³/mol. The second-order valence-electron chi connectivity index (χ2n) is 7.55. The van der Waals surface area contributed by atoms with Gasteiger partial charge in [0.25, 0.3) is 0 Å². The maximum atomic E-state index is 12.8. The van der Waals surface area contributed by atoms with Gasteiger partial charge in [0.05, 0.1) is 7.11 Å². The van der Waals surface area contributed by atoms with Crippen LogP contribution in [-0.2, 0) is 19.1 Å². The van der Waals surface area contributed by atoms with Crippen molar-refractivity contribution in [3.05, 3.63) is 54.1 Å². The minimum atomic E-state index is -0.730. The van der Waals surface area contributed by atoms with E-state index in [1.165, 1.54) is 42.6 Å². The van der Waals surface area contributed by atoms with Crippen LogP contribution < -0.4 is 10.2 Å². The van der Waals surface area contributed by atoms with E-state index in [0.717, 1.165) is 0 Å². The minimum absolute atomic E-state index is 0.0925. The van der Waals surface area contributed by atoms with Crippen LogP contribution >= 0.6 is 11.8 Å². The van der Waals surface area contributed by atoms with E-state index in [9.17, 15) is 14.4 Å². The highest BCUT2D eigenvalue weighted by Gasteiger charge is 2.39. The number of thioether (sulfide) groups is 1. The fourth-order valence-electron chi connectivity index (χ4n) is 4.07. The molecule has 7 heteroatoms. The molecule has 1 aliphatic heterocycles. The van der Waals surface area contributed by atoms with Gasteiger partial charge in [-0.1, -0.05) is 31.0 Å². The van der Waals surface area contributed by atoms with E-state index >= 15 is 0 Å². The zero-order valence-electron chi connectivity index (χ0n) is 16.8. The van der Waals surface area contributed by atoms with Gasteiger partial charge >= 0.3 is 17.8 Å². The van der Waals surface area contributed by atoms with Crippen LogP contribution in [0.2, 0.25) is 0 Å². The topological polar surface area (TPSA) is 75.7 Å². The van der Waals surface area contributed by atoms with Crippen molar-refractivity contribution in [3.63, 3.8) is 0 Å². The van der Waals surface area contributed by atoms with Crippen molar-refractivity contribution >= 4 is 40.9 Å². The molecule has 0 spiro atoms. The summed E-state index contributed by atoms with van der Waals surface area (Å²) in [6.45, 7) is 0.0925.